The molecular weight excluding hydrogens is 280 g/mol. The van der Waals surface area contributed by atoms with Crippen molar-refractivity contribution in [3.8, 4) is 11.5 Å². The van der Waals surface area contributed by atoms with E-state index in [4.69, 9.17) is 10.5 Å². The normalized spacial score (nSPS) is 10.3. The predicted molar refractivity (Wildman–Crippen MR) is 71.1 cm³/mol. The number of hydrogen-bond donors (Lipinski definition) is 1. The van der Waals surface area contributed by atoms with Gasteiger partial charge < -0.3 is 10.5 Å². The second-order valence-corrected chi connectivity index (χ2v) is 4.62. The summed E-state index contributed by atoms with van der Waals surface area (Å²) < 4.78 is 6.86. The van der Waals surface area contributed by atoms with Crippen LogP contribution < -0.4 is 10.5 Å². The van der Waals surface area contributed by atoms with Crippen LogP contribution in [-0.2, 0) is 6.54 Å². The Morgan fingerprint density at radius 3 is 2.82 bits per heavy atom. The molecule has 0 amide bonds. The lowest BCUT2D eigenvalue weighted by Crippen LogP contribution is -2.00. The molecule has 1 heterocycles. The Labute approximate surface area is 109 Å². The third-order valence-electron chi connectivity index (χ3n) is 2.45. The van der Waals surface area contributed by atoms with Gasteiger partial charge in [-0.3, -0.25) is 4.98 Å². The van der Waals surface area contributed by atoms with Gasteiger partial charge in [0.05, 0.1) is 6.20 Å². The fourth-order valence-corrected chi connectivity index (χ4v) is 1.99. The molecule has 0 saturated carbocycles. The second-order valence-electron chi connectivity index (χ2n) is 3.70. The highest BCUT2D eigenvalue weighted by molar-refractivity contribution is 9.10. The van der Waals surface area contributed by atoms with Gasteiger partial charge in [0.2, 0.25) is 0 Å². The summed E-state index contributed by atoms with van der Waals surface area (Å²) in [5.74, 6) is 1.52. The molecule has 0 aliphatic carbocycles. The molecule has 2 N–H and O–H groups in total. The van der Waals surface area contributed by atoms with Gasteiger partial charge in [-0.05, 0) is 36.8 Å². The molecule has 2 aromatic rings. The summed E-state index contributed by atoms with van der Waals surface area (Å²) in [5.41, 5.74) is 7.66. The summed E-state index contributed by atoms with van der Waals surface area (Å²) in [5, 5.41) is 0. The molecule has 0 unspecified atom stereocenters. The number of halogens is 1. The largest absolute Gasteiger partial charge is 0.455 e. The smallest absolute Gasteiger partial charge is 0.150 e. The fraction of sp³-hybridized carbons (Fsp3) is 0.154. The number of aromatic nitrogens is 1. The van der Waals surface area contributed by atoms with E-state index in [-0.39, 0.29) is 0 Å². The Kier molecular flexibility index (Phi) is 3.76. The minimum Gasteiger partial charge on any atom is -0.455 e. The molecule has 0 atom stereocenters. The van der Waals surface area contributed by atoms with Crippen LogP contribution in [0.3, 0.4) is 0 Å². The van der Waals surface area contributed by atoms with Crippen molar-refractivity contribution >= 4 is 15.9 Å². The average Bonchev–Trinajstić information content (AvgIpc) is 2.33. The lowest BCUT2D eigenvalue weighted by atomic mass is 10.2. The van der Waals surface area contributed by atoms with Gasteiger partial charge in [-0.2, -0.15) is 0 Å². The van der Waals surface area contributed by atoms with Crippen LogP contribution in [0.4, 0.5) is 0 Å². The van der Waals surface area contributed by atoms with Crippen LogP contribution in [0.1, 0.15) is 11.1 Å². The molecule has 4 heteroatoms. The third-order valence-corrected chi connectivity index (χ3v) is 2.94. The lowest BCUT2D eigenvalue weighted by molar-refractivity contribution is 0.470. The van der Waals surface area contributed by atoms with Gasteiger partial charge in [-0.1, -0.05) is 15.9 Å². The predicted octanol–water partition coefficient (Wildman–Crippen LogP) is 3.40. The number of benzene rings is 1. The average molecular weight is 293 g/mol. The van der Waals surface area contributed by atoms with Crippen molar-refractivity contribution in [1.82, 2.24) is 4.98 Å². The summed E-state index contributed by atoms with van der Waals surface area (Å²) in [4.78, 5) is 4.05. The summed E-state index contributed by atoms with van der Waals surface area (Å²) in [7, 11) is 0. The molecule has 1 aromatic heterocycles. The molecule has 0 bridgehead atoms. The zero-order valence-electron chi connectivity index (χ0n) is 9.48. The van der Waals surface area contributed by atoms with E-state index in [1.54, 1.807) is 12.4 Å². The molecule has 0 fully saturated rings. The zero-order valence-corrected chi connectivity index (χ0v) is 11.1. The molecule has 0 aliphatic rings. The number of pyridine rings is 1. The maximum Gasteiger partial charge on any atom is 0.150 e. The van der Waals surface area contributed by atoms with E-state index >= 15 is 0 Å². The van der Waals surface area contributed by atoms with E-state index in [0.29, 0.717) is 12.3 Å². The minimum atomic E-state index is 0.438. The second kappa shape index (κ2) is 5.29. The maximum atomic E-state index is 5.82. The number of aryl methyl sites for hydroxylation is 1. The van der Waals surface area contributed by atoms with Crippen LogP contribution in [0.2, 0.25) is 0 Å². The Bertz CT molecular complexity index is 529. The van der Waals surface area contributed by atoms with Crippen molar-refractivity contribution in [2.24, 2.45) is 5.73 Å². The van der Waals surface area contributed by atoms with Gasteiger partial charge in [0.1, 0.15) is 11.5 Å². The third kappa shape index (κ3) is 2.84. The summed E-state index contributed by atoms with van der Waals surface area (Å²) >= 11 is 3.42. The quantitative estimate of drug-likeness (QED) is 0.943. The number of rotatable bonds is 3. The SMILES string of the molecule is Cc1cc(Br)ccc1Oc1cnccc1CN. The Hall–Kier alpha value is -1.39. The van der Waals surface area contributed by atoms with Gasteiger partial charge in [-0.15, -0.1) is 0 Å². The van der Waals surface area contributed by atoms with Crippen LogP contribution in [0.5, 0.6) is 11.5 Å². The van der Waals surface area contributed by atoms with E-state index in [1.807, 2.05) is 31.2 Å². The van der Waals surface area contributed by atoms with Crippen molar-refractivity contribution in [3.63, 3.8) is 0 Å². The molecule has 1 aromatic carbocycles. The van der Waals surface area contributed by atoms with Gasteiger partial charge in [0.15, 0.2) is 0 Å². The van der Waals surface area contributed by atoms with Crippen LogP contribution in [-0.4, -0.2) is 4.98 Å². The highest BCUT2D eigenvalue weighted by atomic mass is 79.9. The van der Waals surface area contributed by atoms with E-state index in [1.165, 1.54) is 0 Å². The molecule has 0 spiro atoms. The first kappa shape index (κ1) is 12.1. The van der Waals surface area contributed by atoms with Crippen molar-refractivity contribution in [2.75, 3.05) is 0 Å². The number of nitrogens with zero attached hydrogens (tertiary/aromatic N) is 1. The highest BCUT2D eigenvalue weighted by Crippen LogP contribution is 2.28. The molecule has 0 saturated heterocycles. The first-order valence-corrected chi connectivity index (χ1v) is 6.07. The van der Waals surface area contributed by atoms with Crippen LogP contribution >= 0.6 is 15.9 Å². The molecule has 0 radical (unpaired) electrons. The van der Waals surface area contributed by atoms with Crippen LogP contribution in [0.15, 0.2) is 41.1 Å². The summed E-state index contributed by atoms with van der Waals surface area (Å²) in [6.45, 7) is 2.44. The first-order chi connectivity index (χ1) is 8.20. The minimum absolute atomic E-state index is 0.438. The van der Waals surface area contributed by atoms with Crippen LogP contribution in [0.25, 0.3) is 0 Å². The van der Waals surface area contributed by atoms with Gasteiger partial charge in [0.25, 0.3) is 0 Å². The summed E-state index contributed by atoms with van der Waals surface area (Å²) in [6, 6.07) is 7.74. The molecule has 0 aliphatic heterocycles. The Balaban J connectivity index is 2.31. The van der Waals surface area contributed by atoms with Gasteiger partial charge in [-0.25, -0.2) is 0 Å². The van der Waals surface area contributed by atoms with E-state index < -0.39 is 0 Å². The van der Waals surface area contributed by atoms with E-state index in [2.05, 4.69) is 20.9 Å². The standard InChI is InChI=1S/C13H13BrN2O/c1-9-6-11(14)2-3-12(9)17-13-8-16-5-4-10(13)7-15/h2-6,8H,7,15H2,1H3. The van der Waals surface area contributed by atoms with Crippen molar-refractivity contribution < 1.29 is 4.74 Å². The number of ether oxygens (including phenoxy) is 1. The van der Waals surface area contributed by atoms with Gasteiger partial charge in [0, 0.05) is 22.8 Å². The monoisotopic (exact) mass is 292 g/mol. The van der Waals surface area contributed by atoms with Crippen molar-refractivity contribution in [1.29, 1.82) is 0 Å². The maximum absolute atomic E-state index is 5.82. The number of hydrogen-bond acceptors (Lipinski definition) is 3. The van der Waals surface area contributed by atoms with E-state index in [0.717, 1.165) is 21.3 Å². The number of nitrogens with two attached hydrogens (primary N) is 1. The van der Waals surface area contributed by atoms with Crippen LogP contribution in [0, 0.1) is 6.92 Å². The highest BCUT2D eigenvalue weighted by Gasteiger charge is 2.05. The molecule has 17 heavy (non-hydrogen) atoms. The Morgan fingerprint density at radius 2 is 2.12 bits per heavy atom. The fourth-order valence-electron chi connectivity index (χ4n) is 1.52. The molecule has 2 rings (SSSR count). The van der Waals surface area contributed by atoms with E-state index in [9.17, 15) is 0 Å². The topological polar surface area (TPSA) is 48.1 Å². The van der Waals surface area contributed by atoms with Crippen molar-refractivity contribution in [3.05, 3.63) is 52.3 Å². The molecule has 88 valence electrons. The molecule has 3 nitrogen and oxygen atoms in total. The lowest BCUT2D eigenvalue weighted by Gasteiger charge is -2.11. The summed E-state index contributed by atoms with van der Waals surface area (Å²) in [6.07, 6.45) is 3.40. The van der Waals surface area contributed by atoms with Gasteiger partial charge >= 0.3 is 0 Å². The zero-order chi connectivity index (χ0) is 12.3. The van der Waals surface area contributed by atoms with Crippen molar-refractivity contribution in [2.45, 2.75) is 13.5 Å². The molecular formula is C13H13BrN2O. The Morgan fingerprint density at radius 1 is 1.29 bits per heavy atom. The first-order valence-electron chi connectivity index (χ1n) is 5.27.